The second-order valence-corrected chi connectivity index (χ2v) is 6.65. The minimum atomic E-state index is -4.60. The van der Waals surface area contributed by atoms with Crippen LogP contribution in [0.2, 0.25) is 5.02 Å². The van der Waals surface area contributed by atoms with Gasteiger partial charge in [-0.15, -0.1) is 12.4 Å². The lowest BCUT2D eigenvalue weighted by atomic mass is 9.92. The highest BCUT2D eigenvalue weighted by Gasteiger charge is 2.45. The highest BCUT2D eigenvalue weighted by Crippen LogP contribution is 2.44. The average molecular weight is 403 g/mol. The zero-order chi connectivity index (χ0) is 17.8. The van der Waals surface area contributed by atoms with Crippen molar-refractivity contribution in [3.8, 4) is 11.1 Å². The van der Waals surface area contributed by atoms with Crippen LogP contribution in [0.15, 0.2) is 36.4 Å². The van der Waals surface area contributed by atoms with E-state index in [9.17, 15) is 18.0 Å². The molecule has 138 valence electrons. The van der Waals surface area contributed by atoms with E-state index in [0.29, 0.717) is 41.3 Å². The van der Waals surface area contributed by atoms with Gasteiger partial charge in [0.05, 0.1) is 17.2 Å². The first-order valence-corrected chi connectivity index (χ1v) is 8.27. The molecule has 0 aliphatic carbocycles. The maximum Gasteiger partial charge on any atom is 0.417 e. The highest BCUT2D eigenvalue weighted by molar-refractivity contribution is 6.30. The Morgan fingerprint density at radius 1 is 1.15 bits per heavy atom. The Balaban J connectivity index is 0.00000196. The van der Waals surface area contributed by atoms with Crippen LogP contribution in [0, 0.1) is 0 Å². The molecule has 0 radical (unpaired) electrons. The van der Waals surface area contributed by atoms with Gasteiger partial charge in [0.2, 0.25) is 0 Å². The monoisotopic (exact) mass is 402 g/mol. The van der Waals surface area contributed by atoms with Gasteiger partial charge in [0.1, 0.15) is 0 Å². The van der Waals surface area contributed by atoms with Crippen molar-refractivity contribution < 1.29 is 18.0 Å². The number of carbonyl (C=O) groups excluding carboxylic acids is 1. The summed E-state index contributed by atoms with van der Waals surface area (Å²) >= 11 is 5.98. The summed E-state index contributed by atoms with van der Waals surface area (Å²) in [5, 5.41) is 3.60. The fraction of sp³-hybridized carbons (Fsp3) is 0.278. The highest BCUT2D eigenvalue weighted by atomic mass is 35.5. The molecule has 0 spiro atoms. The molecule has 2 aromatic rings. The number of hydrogen-bond donors (Lipinski definition) is 1. The number of halogens is 5. The van der Waals surface area contributed by atoms with Crippen LogP contribution < -0.4 is 5.32 Å². The topological polar surface area (TPSA) is 32.3 Å². The van der Waals surface area contributed by atoms with Gasteiger partial charge in [-0.2, -0.15) is 13.2 Å². The molecule has 1 atom stereocenters. The summed E-state index contributed by atoms with van der Waals surface area (Å²) in [5.74, 6) is -0.536. The van der Waals surface area contributed by atoms with Crippen LogP contribution in [-0.2, 0) is 6.18 Å². The second-order valence-electron chi connectivity index (χ2n) is 6.21. The SMILES string of the molecule is Cl.O=C1c2c(cc(-c3cccc(Cl)c3)cc2C(F)(F)F)[C@@H]2CNCCN12. The van der Waals surface area contributed by atoms with E-state index in [1.54, 1.807) is 30.3 Å². The van der Waals surface area contributed by atoms with Crippen LogP contribution in [0.4, 0.5) is 13.2 Å². The summed E-state index contributed by atoms with van der Waals surface area (Å²) in [4.78, 5) is 14.1. The molecule has 0 saturated carbocycles. The van der Waals surface area contributed by atoms with Crippen LogP contribution >= 0.6 is 24.0 Å². The van der Waals surface area contributed by atoms with Gasteiger partial charge in [0.15, 0.2) is 0 Å². The molecule has 2 aliphatic rings. The molecule has 4 rings (SSSR count). The Kier molecular flexibility index (Phi) is 4.94. The number of piperazine rings is 1. The summed E-state index contributed by atoms with van der Waals surface area (Å²) in [6, 6.07) is 9.06. The summed E-state index contributed by atoms with van der Waals surface area (Å²) < 4.78 is 41.0. The van der Waals surface area contributed by atoms with Crippen LogP contribution in [0.1, 0.15) is 27.5 Å². The number of amides is 1. The Bertz CT molecular complexity index is 870. The molecular formula is C18H15Cl2F3N2O. The zero-order valence-corrected chi connectivity index (χ0v) is 15.0. The molecule has 2 aliphatic heterocycles. The first-order valence-electron chi connectivity index (χ1n) is 7.89. The van der Waals surface area contributed by atoms with Crippen molar-refractivity contribution in [2.24, 2.45) is 0 Å². The number of hydrogen-bond acceptors (Lipinski definition) is 2. The van der Waals surface area contributed by atoms with E-state index >= 15 is 0 Å². The van der Waals surface area contributed by atoms with Gasteiger partial charge in [-0.1, -0.05) is 23.7 Å². The molecule has 1 fully saturated rings. The van der Waals surface area contributed by atoms with Gasteiger partial charge in [0.25, 0.3) is 5.91 Å². The van der Waals surface area contributed by atoms with Crippen LogP contribution in [0.3, 0.4) is 0 Å². The normalized spacial score (nSPS) is 19.0. The van der Waals surface area contributed by atoms with Crippen molar-refractivity contribution in [3.05, 3.63) is 58.1 Å². The number of fused-ring (bicyclic) bond motifs is 3. The minimum Gasteiger partial charge on any atom is -0.329 e. The molecule has 3 nitrogen and oxygen atoms in total. The first-order chi connectivity index (χ1) is 11.9. The Labute approximate surface area is 159 Å². The van der Waals surface area contributed by atoms with Crippen molar-refractivity contribution in [3.63, 3.8) is 0 Å². The van der Waals surface area contributed by atoms with E-state index in [0.717, 1.165) is 6.07 Å². The predicted octanol–water partition coefficient (Wildman–Crippen LogP) is 4.55. The average Bonchev–Trinajstić information content (AvgIpc) is 2.87. The van der Waals surface area contributed by atoms with Crippen molar-refractivity contribution in [1.29, 1.82) is 0 Å². The number of rotatable bonds is 1. The molecule has 0 unspecified atom stereocenters. The lowest BCUT2D eigenvalue weighted by Gasteiger charge is -2.30. The van der Waals surface area contributed by atoms with E-state index in [4.69, 9.17) is 11.6 Å². The molecular weight excluding hydrogens is 388 g/mol. The molecule has 2 aromatic carbocycles. The number of alkyl halides is 3. The van der Waals surface area contributed by atoms with Gasteiger partial charge in [0, 0.05) is 24.7 Å². The third kappa shape index (κ3) is 3.06. The lowest BCUT2D eigenvalue weighted by molar-refractivity contribution is -0.137. The van der Waals surface area contributed by atoms with E-state index < -0.39 is 17.6 Å². The van der Waals surface area contributed by atoms with Gasteiger partial charge < -0.3 is 10.2 Å². The maximum atomic E-state index is 13.7. The van der Waals surface area contributed by atoms with Crippen LogP contribution in [0.25, 0.3) is 11.1 Å². The predicted molar refractivity (Wildman–Crippen MR) is 95.8 cm³/mol. The van der Waals surface area contributed by atoms with Gasteiger partial charge >= 0.3 is 6.18 Å². The summed E-state index contributed by atoms with van der Waals surface area (Å²) in [5.41, 5.74) is 0.345. The van der Waals surface area contributed by atoms with E-state index in [-0.39, 0.29) is 24.0 Å². The van der Waals surface area contributed by atoms with Gasteiger partial charge in [-0.25, -0.2) is 0 Å². The number of nitrogens with zero attached hydrogens (tertiary/aromatic N) is 1. The fourth-order valence-electron chi connectivity index (χ4n) is 3.59. The van der Waals surface area contributed by atoms with Crippen LogP contribution in [0.5, 0.6) is 0 Å². The molecule has 26 heavy (non-hydrogen) atoms. The molecule has 0 aromatic heterocycles. The first kappa shape index (κ1) is 19.0. The summed E-state index contributed by atoms with van der Waals surface area (Å²) in [7, 11) is 0. The maximum absolute atomic E-state index is 13.7. The minimum absolute atomic E-state index is 0. The van der Waals surface area contributed by atoms with Crippen molar-refractivity contribution >= 4 is 29.9 Å². The molecule has 8 heteroatoms. The quantitative estimate of drug-likeness (QED) is 0.758. The zero-order valence-electron chi connectivity index (χ0n) is 13.4. The Hall–Kier alpha value is -1.76. The number of benzene rings is 2. The van der Waals surface area contributed by atoms with E-state index in [2.05, 4.69) is 5.32 Å². The smallest absolute Gasteiger partial charge is 0.329 e. The summed E-state index contributed by atoms with van der Waals surface area (Å²) in [6.45, 7) is 1.44. The van der Waals surface area contributed by atoms with E-state index in [1.165, 1.54) is 4.90 Å². The lowest BCUT2D eigenvalue weighted by Crippen LogP contribution is -2.44. The van der Waals surface area contributed by atoms with Gasteiger partial charge in [-0.3, -0.25) is 4.79 Å². The Morgan fingerprint density at radius 3 is 2.62 bits per heavy atom. The number of nitrogens with one attached hydrogen (secondary N) is 1. The number of carbonyl (C=O) groups is 1. The summed E-state index contributed by atoms with van der Waals surface area (Å²) in [6.07, 6.45) is -4.60. The molecule has 2 heterocycles. The largest absolute Gasteiger partial charge is 0.417 e. The van der Waals surface area contributed by atoms with Crippen molar-refractivity contribution in [1.82, 2.24) is 10.2 Å². The van der Waals surface area contributed by atoms with E-state index in [1.807, 2.05) is 0 Å². The van der Waals surface area contributed by atoms with Crippen LogP contribution in [-0.4, -0.2) is 30.4 Å². The third-order valence-electron chi connectivity index (χ3n) is 4.71. The van der Waals surface area contributed by atoms with Gasteiger partial charge in [-0.05, 0) is 41.0 Å². The fourth-order valence-corrected chi connectivity index (χ4v) is 3.78. The third-order valence-corrected chi connectivity index (χ3v) is 4.94. The molecule has 1 saturated heterocycles. The van der Waals surface area contributed by atoms with Crippen molar-refractivity contribution in [2.75, 3.05) is 19.6 Å². The molecule has 1 amide bonds. The van der Waals surface area contributed by atoms with Crippen molar-refractivity contribution in [2.45, 2.75) is 12.2 Å². The standard InChI is InChI=1S/C18H14ClF3N2O.ClH/c19-12-3-1-2-10(6-12)11-7-13-15-9-23-4-5-24(15)17(25)16(13)14(8-11)18(20,21)22;/h1-3,6-8,15,23H,4-5,9H2;1H/t15-;/m0./s1. The molecule has 1 N–H and O–H groups in total. The molecule has 0 bridgehead atoms. The Morgan fingerprint density at radius 2 is 1.92 bits per heavy atom. The second kappa shape index (κ2) is 6.76.